The smallest absolute Gasteiger partial charge is 0.178 e. The van der Waals surface area contributed by atoms with Gasteiger partial charge in [-0.1, -0.05) is 0 Å². The fourth-order valence-electron chi connectivity index (χ4n) is 2.36. The van der Waals surface area contributed by atoms with Crippen molar-refractivity contribution in [2.45, 2.75) is 18.5 Å². The number of nitrogens with two attached hydrogens (primary N) is 1. The Kier molecular flexibility index (Phi) is 2.09. The zero-order valence-electron chi connectivity index (χ0n) is 8.90. The molecule has 0 spiro atoms. The molecule has 3 nitrogen and oxygen atoms in total. The number of quaternary nitrogens is 1. The van der Waals surface area contributed by atoms with Gasteiger partial charge in [0, 0.05) is 30.8 Å². The van der Waals surface area contributed by atoms with Crippen LogP contribution >= 0.6 is 0 Å². The highest BCUT2D eigenvalue weighted by Gasteiger charge is 2.48. The van der Waals surface area contributed by atoms with Gasteiger partial charge in [0.2, 0.25) is 0 Å². The molecule has 0 aromatic carbocycles. The fraction of sp³-hybridized carbons (Fsp3) is 0.545. The maximum atomic E-state index is 6.49. The summed E-state index contributed by atoms with van der Waals surface area (Å²) in [7, 11) is 4.39. The second kappa shape index (κ2) is 3.04. The van der Waals surface area contributed by atoms with Gasteiger partial charge in [-0.2, -0.15) is 0 Å². The van der Waals surface area contributed by atoms with Gasteiger partial charge in [-0.15, -0.1) is 0 Å². The SMILES string of the molecule is C[N+]1(C)CCC[C@@]1(N)c1cccnc1. The first-order valence-corrected chi connectivity index (χ1v) is 5.09. The van der Waals surface area contributed by atoms with Crippen molar-refractivity contribution in [1.82, 2.24) is 4.98 Å². The summed E-state index contributed by atoms with van der Waals surface area (Å²) in [5, 5.41) is 0. The highest BCUT2D eigenvalue weighted by Crippen LogP contribution is 2.37. The van der Waals surface area contributed by atoms with Crippen molar-refractivity contribution in [2.24, 2.45) is 5.73 Å². The zero-order valence-corrected chi connectivity index (χ0v) is 8.90. The summed E-state index contributed by atoms with van der Waals surface area (Å²) in [6.07, 6.45) is 5.93. The van der Waals surface area contributed by atoms with E-state index in [2.05, 4.69) is 25.1 Å². The predicted octanol–water partition coefficient (Wildman–Crippen LogP) is 1.06. The van der Waals surface area contributed by atoms with E-state index in [1.54, 1.807) is 6.20 Å². The summed E-state index contributed by atoms with van der Waals surface area (Å²) < 4.78 is 0.860. The third kappa shape index (κ3) is 1.24. The van der Waals surface area contributed by atoms with Crippen molar-refractivity contribution < 1.29 is 4.48 Å². The first kappa shape index (κ1) is 9.62. The van der Waals surface area contributed by atoms with Crippen LogP contribution in [-0.2, 0) is 5.66 Å². The number of aromatic nitrogens is 1. The summed E-state index contributed by atoms with van der Waals surface area (Å²) in [6, 6.07) is 4.04. The van der Waals surface area contributed by atoms with Crippen molar-refractivity contribution in [3.63, 3.8) is 0 Å². The molecular weight excluding hydrogens is 174 g/mol. The van der Waals surface area contributed by atoms with Gasteiger partial charge in [0.1, 0.15) is 0 Å². The molecule has 0 amide bonds. The Labute approximate surface area is 85.1 Å². The van der Waals surface area contributed by atoms with Gasteiger partial charge in [0.05, 0.1) is 20.6 Å². The molecule has 1 aliphatic rings. The van der Waals surface area contributed by atoms with Crippen LogP contribution in [0.3, 0.4) is 0 Å². The normalized spacial score (nSPS) is 30.5. The van der Waals surface area contributed by atoms with Gasteiger partial charge < -0.3 is 4.48 Å². The molecule has 0 saturated carbocycles. The summed E-state index contributed by atoms with van der Waals surface area (Å²) in [4.78, 5) is 4.15. The van der Waals surface area contributed by atoms with E-state index in [0.717, 1.165) is 23.0 Å². The number of rotatable bonds is 1. The monoisotopic (exact) mass is 192 g/mol. The van der Waals surface area contributed by atoms with Gasteiger partial charge in [0.15, 0.2) is 5.66 Å². The van der Waals surface area contributed by atoms with Gasteiger partial charge >= 0.3 is 0 Å². The van der Waals surface area contributed by atoms with E-state index in [1.807, 2.05) is 12.3 Å². The Morgan fingerprint density at radius 2 is 2.29 bits per heavy atom. The van der Waals surface area contributed by atoms with Crippen LogP contribution in [0.4, 0.5) is 0 Å². The highest BCUT2D eigenvalue weighted by atomic mass is 15.4. The number of likely N-dealkylation sites (tertiary alicyclic amines) is 1. The molecule has 3 heteroatoms. The maximum absolute atomic E-state index is 6.49. The van der Waals surface area contributed by atoms with Crippen LogP contribution in [0.15, 0.2) is 24.5 Å². The molecule has 0 unspecified atom stereocenters. The second-order valence-corrected chi connectivity index (χ2v) is 4.68. The molecule has 1 atom stereocenters. The lowest BCUT2D eigenvalue weighted by atomic mass is 9.98. The van der Waals surface area contributed by atoms with E-state index in [1.165, 1.54) is 6.42 Å². The molecule has 2 N–H and O–H groups in total. The van der Waals surface area contributed by atoms with Gasteiger partial charge in [-0.3, -0.25) is 10.7 Å². The number of hydrogen-bond acceptors (Lipinski definition) is 2. The van der Waals surface area contributed by atoms with Crippen LogP contribution in [0, 0.1) is 0 Å². The second-order valence-electron chi connectivity index (χ2n) is 4.68. The predicted molar refractivity (Wildman–Crippen MR) is 56.3 cm³/mol. The number of pyridine rings is 1. The zero-order chi connectivity index (χ0) is 10.2. The molecule has 1 saturated heterocycles. The van der Waals surface area contributed by atoms with E-state index in [4.69, 9.17) is 5.73 Å². The highest BCUT2D eigenvalue weighted by molar-refractivity contribution is 5.17. The van der Waals surface area contributed by atoms with Crippen molar-refractivity contribution >= 4 is 0 Å². The van der Waals surface area contributed by atoms with Crippen LogP contribution in [0.1, 0.15) is 18.4 Å². The third-order valence-electron chi connectivity index (χ3n) is 3.52. The Morgan fingerprint density at radius 3 is 2.79 bits per heavy atom. The Balaban J connectivity index is 2.42. The van der Waals surface area contributed by atoms with Crippen LogP contribution in [0.5, 0.6) is 0 Å². The molecule has 0 aliphatic carbocycles. The van der Waals surface area contributed by atoms with Crippen molar-refractivity contribution in [2.75, 3.05) is 20.6 Å². The molecule has 0 radical (unpaired) electrons. The van der Waals surface area contributed by atoms with Gasteiger partial charge in [-0.05, 0) is 12.1 Å². The largest absolute Gasteiger partial charge is 0.307 e. The Hall–Kier alpha value is -0.930. The van der Waals surface area contributed by atoms with Crippen LogP contribution < -0.4 is 5.73 Å². The van der Waals surface area contributed by atoms with E-state index in [9.17, 15) is 0 Å². The standard InChI is InChI=1S/C11H18N3/c1-14(2)8-4-6-11(14,12)10-5-3-7-13-9-10/h3,5,7,9H,4,6,8,12H2,1-2H3/q+1/t11-/m0/s1. The number of nitrogens with zero attached hydrogens (tertiary/aromatic N) is 2. The van der Waals surface area contributed by atoms with Crippen LogP contribution in [-0.4, -0.2) is 30.1 Å². The molecule has 76 valence electrons. The summed E-state index contributed by atoms with van der Waals surface area (Å²) in [6.45, 7) is 1.14. The minimum Gasteiger partial charge on any atom is -0.307 e. The first-order valence-electron chi connectivity index (χ1n) is 5.09. The maximum Gasteiger partial charge on any atom is 0.178 e. The molecule has 14 heavy (non-hydrogen) atoms. The molecule has 1 aliphatic heterocycles. The molecule has 0 bridgehead atoms. The average Bonchev–Trinajstić information content (AvgIpc) is 2.44. The Morgan fingerprint density at radius 1 is 1.50 bits per heavy atom. The molecule has 2 rings (SSSR count). The van der Waals surface area contributed by atoms with Gasteiger partial charge in [-0.25, -0.2) is 0 Å². The van der Waals surface area contributed by atoms with Crippen LogP contribution in [0.25, 0.3) is 0 Å². The molecular formula is C11H18N3+. The van der Waals surface area contributed by atoms with E-state index >= 15 is 0 Å². The van der Waals surface area contributed by atoms with E-state index < -0.39 is 0 Å². The van der Waals surface area contributed by atoms with Crippen molar-refractivity contribution in [1.29, 1.82) is 0 Å². The molecule has 2 heterocycles. The number of hydrogen-bond donors (Lipinski definition) is 1. The molecule has 1 aromatic heterocycles. The van der Waals surface area contributed by atoms with E-state index in [0.29, 0.717) is 0 Å². The first-order chi connectivity index (χ1) is 6.56. The van der Waals surface area contributed by atoms with E-state index in [-0.39, 0.29) is 5.66 Å². The van der Waals surface area contributed by atoms with Crippen molar-refractivity contribution in [3.8, 4) is 0 Å². The molecule has 1 fully saturated rings. The quantitative estimate of drug-likeness (QED) is 0.676. The summed E-state index contributed by atoms with van der Waals surface area (Å²) >= 11 is 0. The molecule has 1 aromatic rings. The third-order valence-corrected chi connectivity index (χ3v) is 3.52. The average molecular weight is 192 g/mol. The summed E-state index contributed by atoms with van der Waals surface area (Å²) in [5.74, 6) is 0. The fourth-order valence-corrected chi connectivity index (χ4v) is 2.36. The van der Waals surface area contributed by atoms with Crippen LogP contribution in [0.2, 0.25) is 0 Å². The lowest BCUT2D eigenvalue weighted by molar-refractivity contribution is -0.936. The minimum atomic E-state index is -0.242. The lowest BCUT2D eigenvalue weighted by Crippen LogP contribution is -2.58. The Bertz CT molecular complexity index is 321. The minimum absolute atomic E-state index is 0.242. The lowest BCUT2D eigenvalue weighted by Gasteiger charge is -2.40. The van der Waals surface area contributed by atoms with Gasteiger partial charge in [0.25, 0.3) is 0 Å². The van der Waals surface area contributed by atoms with Crippen molar-refractivity contribution in [3.05, 3.63) is 30.1 Å². The summed E-state index contributed by atoms with van der Waals surface area (Å²) in [5.41, 5.74) is 7.40. The topological polar surface area (TPSA) is 38.9 Å².